The molecule has 3 aliphatic rings. The molecule has 3 rings (SSSR count). The maximum atomic E-state index is 14.4. The Labute approximate surface area is 174 Å². The van der Waals surface area contributed by atoms with Crippen molar-refractivity contribution in [2.75, 3.05) is 52.9 Å². The Bertz CT molecular complexity index is 569. The lowest BCUT2D eigenvalue weighted by atomic mass is 9.72. The molecule has 0 bridgehead atoms. The van der Waals surface area contributed by atoms with Crippen LogP contribution in [0.25, 0.3) is 0 Å². The number of alkyl halides is 2. The number of carbonyl (C=O) groups excluding carboxylic acids is 2. The number of piperidine rings is 2. The Hall–Kier alpha value is -1.28. The van der Waals surface area contributed by atoms with E-state index in [1.54, 1.807) is 13.8 Å². The van der Waals surface area contributed by atoms with Gasteiger partial charge in [-0.05, 0) is 44.8 Å². The molecule has 1 spiro atoms. The fourth-order valence-electron chi connectivity index (χ4n) is 4.56. The number of amides is 2. The predicted molar refractivity (Wildman–Crippen MR) is 110 cm³/mol. The highest BCUT2D eigenvalue weighted by Crippen LogP contribution is 2.39. The van der Waals surface area contributed by atoms with Crippen LogP contribution in [0, 0.1) is 11.3 Å². The third kappa shape index (κ3) is 5.87. The lowest BCUT2D eigenvalue weighted by Gasteiger charge is -2.53. The Morgan fingerprint density at radius 3 is 2.14 bits per heavy atom. The minimum atomic E-state index is -3.10. The highest BCUT2D eigenvalue weighted by atomic mass is 19.3. The van der Waals surface area contributed by atoms with Crippen LogP contribution in [0.15, 0.2) is 0 Å². The van der Waals surface area contributed by atoms with Crippen molar-refractivity contribution in [1.29, 1.82) is 0 Å². The topological polar surface area (TPSA) is 55.9 Å². The first kappa shape index (κ1) is 24.0. The fraction of sp³-hybridized carbons (Fsp3) is 0.905. The van der Waals surface area contributed by atoms with Crippen LogP contribution < -0.4 is 5.32 Å². The minimum Gasteiger partial charge on any atom is -0.347 e. The number of nitrogens with one attached hydrogen (secondary N) is 1. The van der Waals surface area contributed by atoms with Crippen molar-refractivity contribution in [3.63, 3.8) is 0 Å². The van der Waals surface area contributed by atoms with Gasteiger partial charge in [0.2, 0.25) is 11.8 Å². The smallest absolute Gasteiger partial charge is 0.285 e. The first-order valence-corrected chi connectivity index (χ1v) is 11.0. The summed E-state index contributed by atoms with van der Waals surface area (Å²) in [5.74, 6) is -4.03. The zero-order chi connectivity index (χ0) is 21.8. The molecule has 8 heteroatoms. The second-order valence-corrected chi connectivity index (χ2v) is 9.03. The molecular formula is C21H38F2N4O2. The van der Waals surface area contributed by atoms with Crippen LogP contribution in [0.4, 0.5) is 8.78 Å². The predicted octanol–water partition coefficient (Wildman–Crippen LogP) is 2.05. The van der Waals surface area contributed by atoms with Gasteiger partial charge in [0.25, 0.3) is 5.92 Å². The third-order valence-corrected chi connectivity index (χ3v) is 6.28. The SMILES string of the molecule is CC.CC(C)C(=O)NC1CCN(C(=O)CN2CCC3(CC2)CN(C)C3)CC1(F)F. The fourth-order valence-corrected chi connectivity index (χ4v) is 4.56. The first-order valence-electron chi connectivity index (χ1n) is 11.0. The molecule has 0 aromatic rings. The van der Waals surface area contributed by atoms with Crippen molar-refractivity contribution in [2.24, 2.45) is 11.3 Å². The van der Waals surface area contributed by atoms with Crippen LogP contribution in [0.5, 0.6) is 0 Å². The largest absolute Gasteiger partial charge is 0.347 e. The highest BCUT2D eigenvalue weighted by molar-refractivity contribution is 5.79. The molecular weight excluding hydrogens is 378 g/mol. The molecule has 1 N–H and O–H groups in total. The molecule has 0 radical (unpaired) electrons. The molecule has 0 saturated carbocycles. The van der Waals surface area contributed by atoms with Gasteiger partial charge in [-0.2, -0.15) is 0 Å². The highest BCUT2D eigenvalue weighted by Gasteiger charge is 2.47. The number of hydrogen-bond acceptors (Lipinski definition) is 4. The van der Waals surface area contributed by atoms with Gasteiger partial charge in [-0.15, -0.1) is 0 Å². The van der Waals surface area contributed by atoms with Crippen molar-refractivity contribution in [1.82, 2.24) is 20.0 Å². The van der Waals surface area contributed by atoms with E-state index in [0.717, 1.165) is 39.0 Å². The number of nitrogens with zero attached hydrogens (tertiary/aromatic N) is 3. The van der Waals surface area contributed by atoms with E-state index in [0.29, 0.717) is 5.41 Å². The number of halogens is 2. The molecule has 6 nitrogen and oxygen atoms in total. The van der Waals surface area contributed by atoms with Gasteiger partial charge in [0.15, 0.2) is 0 Å². The summed E-state index contributed by atoms with van der Waals surface area (Å²) in [6.45, 7) is 11.2. The van der Waals surface area contributed by atoms with Gasteiger partial charge in [-0.1, -0.05) is 27.7 Å². The zero-order valence-corrected chi connectivity index (χ0v) is 18.6. The molecule has 3 aliphatic heterocycles. The van der Waals surface area contributed by atoms with Crippen LogP contribution in [-0.4, -0.2) is 91.3 Å². The molecule has 0 aliphatic carbocycles. The minimum absolute atomic E-state index is 0.0899. The van der Waals surface area contributed by atoms with Gasteiger partial charge in [0, 0.05) is 25.6 Å². The van der Waals surface area contributed by atoms with Crippen molar-refractivity contribution >= 4 is 11.8 Å². The van der Waals surface area contributed by atoms with E-state index in [-0.39, 0.29) is 37.2 Å². The quantitative estimate of drug-likeness (QED) is 0.762. The zero-order valence-electron chi connectivity index (χ0n) is 18.6. The lowest BCUT2D eigenvalue weighted by molar-refractivity contribution is -0.149. The summed E-state index contributed by atoms with van der Waals surface area (Å²) in [5, 5.41) is 2.43. The Morgan fingerprint density at radius 1 is 1.07 bits per heavy atom. The van der Waals surface area contributed by atoms with E-state index in [1.807, 2.05) is 13.8 Å². The molecule has 3 fully saturated rings. The first-order chi connectivity index (χ1) is 13.6. The summed E-state index contributed by atoms with van der Waals surface area (Å²) >= 11 is 0. The Balaban J connectivity index is 0.00000145. The number of rotatable bonds is 4. The van der Waals surface area contributed by atoms with E-state index in [1.165, 1.54) is 4.90 Å². The number of hydrogen-bond donors (Lipinski definition) is 1. The lowest BCUT2D eigenvalue weighted by Crippen LogP contribution is -2.61. The molecule has 0 aromatic carbocycles. The molecule has 3 saturated heterocycles. The number of likely N-dealkylation sites (tertiary alicyclic amines) is 3. The van der Waals surface area contributed by atoms with Crippen molar-refractivity contribution in [3.8, 4) is 0 Å². The third-order valence-electron chi connectivity index (χ3n) is 6.28. The summed E-state index contributed by atoms with van der Waals surface area (Å²) in [4.78, 5) is 30.0. The summed E-state index contributed by atoms with van der Waals surface area (Å²) in [7, 11) is 2.12. The standard InChI is InChI=1S/C19H32F2N4O2.C2H6/c1-14(2)17(27)22-15-4-7-25(13-19(15,20)21)16(26)10-24-8-5-18(6-9-24)11-23(3)12-18;1-2/h14-15H,4-13H2,1-3H3,(H,22,27);1-2H3. The maximum Gasteiger partial charge on any atom is 0.285 e. The molecule has 1 unspecified atom stereocenters. The average Bonchev–Trinajstić information content (AvgIpc) is 2.65. The van der Waals surface area contributed by atoms with Crippen molar-refractivity contribution in [3.05, 3.63) is 0 Å². The molecule has 29 heavy (non-hydrogen) atoms. The van der Waals surface area contributed by atoms with Gasteiger partial charge in [0.05, 0.1) is 19.1 Å². The van der Waals surface area contributed by atoms with Gasteiger partial charge in [-0.25, -0.2) is 8.78 Å². The van der Waals surface area contributed by atoms with E-state index >= 15 is 0 Å². The Kier molecular flexibility index (Phi) is 8.01. The van der Waals surface area contributed by atoms with Crippen molar-refractivity contribution < 1.29 is 18.4 Å². The second-order valence-electron chi connectivity index (χ2n) is 9.03. The van der Waals surface area contributed by atoms with E-state index in [9.17, 15) is 18.4 Å². The monoisotopic (exact) mass is 416 g/mol. The van der Waals surface area contributed by atoms with Gasteiger partial charge < -0.3 is 15.1 Å². The molecule has 1 atom stereocenters. The van der Waals surface area contributed by atoms with Crippen LogP contribution in [-0.2, 0) is 9.59 Å². The van der Waals surface area contributed by atoms with Crippen molar-refractivity contribution in [2.45, 2.75) is 58.9 Å². The average molecular weight is 417 g/mol. The van der Waals surface area contributed by atoms with E-state index < -0.39 is 18.5 Å². The van der Waals surface area contributed by atoms with Gasteiger partial charge in [0.1, 0.15) is 0 Å². The summed E-state index contributed by atoms with van der Waals surface area (Å²) in [5.41, 5.74) is 0.411. The van der Waals surface area contributed by atoms with Crippen LogP contribution in [0.3, 0.4) is 0 Å². The normalized spacial score (nSPS) is 26.5. The summed E-state index contributed by atoms with van der Waals surface area (Å²) in [6, 6.07) is -1.19. The van der Waals surface area contributed by atoms with Crippen LogP contribution >= 0.6 is 0 Å². The van der Waals surface area contributed by atoms with Gasteiger partial charge in [-0.3, -0.25) is 14.5 Å². The Morgan fingerprint density at radius 2 is 1.66 bits per heavy atom. The molecule has 2 amide bonds. The summed E-state index contributed by atoms with van der Waals surface area (Å²) < 4.78 is 28.9. The van der Waals surface area contributed by atoms with E-state index in [4.69, 9.17) is 0 Å². The molecule has 0 aromatic heterocycles. The van der Waals surface area contributed by atoms with Crippen LogP contribution in [0.2, 0.25) is 0 Å². The van der Waals surface area contributed by atoms with Crippen LogP contribution in [0.1, 0.15) is 47.0 Å². The second kappa shape index (κ2) is 9.69. The number of carbonyl (C=O) groups is 2. The van der Waals surface area contributed by atoms with E-state index in [2.05, 4.69) is 22.2 Å². The molecule has 168 valence electrons. The molecule has 3 heterocycles. The summed E-state index contributed by atoms with van der Waals surface area (Å²) in [6.07, 6.45) is 2.24. The van der Waals surface area contributed by atoms with Gasteiger partial charge >= 0.3 is 0 Å². The maximum absolute atomic E-state index is 14.4.